The molecule has 0 bridgehead atoms. The summed E-state index contributed by atoms with van der Waals surface area (Å²) in [6, 6.07) is 0. The number of carbonyl (C=O) groups excluding carboxylic acids is 1. The lowest BCUT2D eigenvalue weighted by molar-refractivity contribution is -0.137. The molecule has 0 spiro atoms. The molecule has 2 N–H and O–H groups in total. The first-order valence-electron chi connectivity index (χ1n) is 8.27. The van der Waals surface area contributed by atoms with Crippen LogP contribution in [0.5, 0.6) is 5.75 Å². The summed E-state index contributed by atoms with van der Waals surface area (Å²) in [4.78, 5) is 22.4. The Hall–Kier alpha value is -2.30. The molecule has 5 heteroatoms. The highest BCUT2D eigenvalue weighted by Crippen LogP contribution is 2.38. The van der Waals surface area contributed by atoms with E-state index in [9.17, 15) is 14.7 Å². The van der Waals surface area contributed by atoms with Gasteiger partial charge in [-0.25, -0.2) is 4.79 Å². The van der Waals surface area contributed by atoms with Crippen LogP contribution < -0.4 is 0 Å². The highest BCUT2D eigenvalue weighted by molar-refractivity contribution is 5.97. The molecule has 5 nitrogen and oxygen atoms in total. The van der Waals surface area contributed by atoms with E-state index in [0.717, 1.165) is 34.2 Å². The number of carboxylic acid groups (broad SMARTS) is 1. The highest BCUT2D eigenvalue weighted by Gasteiger charge is 2.30. The number of carboxylic acids is 1. The van der Waals surface area contributed by atoms with Crippen LogP contribution in [0.15, 0.2) is 11.6 Å². The molecule has 0 radical (unpaired) electrons. The first kappa shape index (κ1) is 18.0. The molecule has 0 saturated heterocycles. The number of allylic oxidation sites excluding steroid dienone is 2. The quantitative estimate of drug-likeness (QED) is 0.588. The van der Waals surface area contributed by atoms with Gasteiger partial charge in [-0.15, -0.1) is 0 Å². The summed E-state index contributed by atoms with van der Waals surface area (Å²) >= 11 is 0. The van der Waals surface area contributed by atoms with E-state index in [1.54, 1.807) is 0 Å². The van der Waals surface area contributed by atoms with Gasteiger partial charge in [-0.3, -0.25) is 4.79 Å². The predicted molar refractivity (Wildman–Crippen MR) is 90.3 cm³/mol. The zero-order valence-corrected chi connectivity index (χ0v) is 14.4. The van der Waals surface area contributed by atoms with Crippen molar-refractivity contribution < 1.29 is 24.5 Å². The van der Waals surface area contributed by atoms with Crippen LogP contribution in [0.1, 0.15) is 65.7 Å². The fourth-order valence-corrected chi connectivity index (χ4v) is 3.24. The van der Waals surface area contributed by atoms with Gasteiger partial charge in [0, 0.05) is 17.5 Å². The second-order valence-electron chi connectivity index (χ2n) is 6.22. The Morgan fingerprint density at radius 3 is 2.62 bits per heavy atom. The van der Waals surface area contributed by atoms with Gasteiger partial charge in [0.1, 0.15) is 17.9 Å². The maximum atomic E-state index is 11.9. The van der Waals surface area contributed by atoms with Gasteiger partial charge in [-0.1, -0.05) is 18.6 Å². The lowest BCUT2D eigenvalue weighted by Gasteiger charge is -2.16. The molecular weight excluding hydrogens is 308 g/mol. The van der Waals surface area contributed by atoms with E-state index >= 15 is 0 Å². The van der Waals surface area contributed by atoms with E-state index in [-0.39, 0.29) is 18.8 Å². The van der Waals surface area contributed by atoms with Crippen LogP contribution in [-0.2, 0) is 29.0 Å². The fraction of sp³-hybridized carbons (Fsp3) is 0.474. The van der Waals surface area contributed by atoms with Crippen molar-refractivity contribution in [2.75, 3.05) is 0 Å². The molecule has 0 aromatic heterocycles. The predicted octanol–water partition coefficient (Wildman–Crippen LogP) is 3.68. The fourth-order valence-electron chi connectivity index (χ4n) is 3.24. The molecule has 130 valence electrons. The van der Waals surface area contributed by atoms with Gasteiger partial charge in [-0.2, -0.15) is 0 Å². The lowest BCUT2D eigenvalue weighted by Crippen LogP contribution is -2.04. The number of carbonyl (C=O) groups is 2. The number of hydrogen-bond acceptors (Lipinski definition) is 4. The summed E-state index contributed by atoms with van der Waals surface area (Å²) in [7, 11) is 0. The number of cyclic esters (lactones) is 1. The van der Waals surface area contributed by atoms with Crippen LogP contribution in [0.25, 0.3) is 0 Å². The van der Waals surface area contributed by atoms with Crippen LogP contribution in [0.4, 0.5) is 0 Å². The molecule has 0 unspecified atom stereocenters. The first-order valence-corrected chi connectivity index (χ1v) is 8.27. The molecule has 1 heterocycles. The number of phenols is 1. The summed E-state index contributed by atoms with van der Waals surface area (Å²) in [6.07, 6.45) is 4.75. The van der Waals surface area contributed by atoms with Crippen molar-refractivity contribution >= 4 is 11.9 Å². The summed E-state index contributed by atoms with van der Waals surface area (Å²) in [5, 5.41) is 19.3. The molecule has 0 aliphatic carbocycles. The van der Waals surface area contributed by atoms with Crippen molar-refractivity contribution in [3.63, 3.8) is 0 Å². The van der Waals surface area contributed by atoms with E-state index < -0.39 is 11.9 Å². The lowest BCUT2D eigenvalue weighted by atomic mass is 9.89. The number of hydrogen-bond donors (Lipinski definition) is 2. The minimum absolute atomic E-state index is 0.0320. The number of ether oxygens (including phenoxy) is 1. The van der Waals surface area contributed by atoms with E-state index in [1.165, 1.54) is 0 Å². The Labute approximate surface area is 142 Å². The minimum Gasteiger partial charge on any atom is -0.507 e. The number of aromatic hydroxyl groups is 1. The Bertz CT molecular complexity index is 700. The molecule has 1 aliphatic rings. The number of esters is 1. The van der Waals surface area contributed by atoms with Crippen LogP contribution in [0, 0.1) is 6.92 Å². The number of phenolic OH excluding ortho intramolecular Hbond substituents is 1. The second-order valence-corrected chi connectivity index (χ2v) is 6.22. The molecule has 1 aromatic rings. The largest absolute Gasteiger partial charge is 0.507 e. The SMILES string of the molecule is CCc1c(C)c2c(c(O)c1C/C=C(\C)CCCC(=O)O)C(=O)OC2. The van der Waals surface area contributed by atoms with E-state index in [0.29, 0.717) is 24.8 Å². The van der Waals surface area contributed by atoms with Gasteiger partial charge in [0.15, 0.2) is 0 Å². The van der Waals surface area contributed by atoms with Crippen LogP contribution in [0.3, 0.4) is 0 Å². The first-order chi connectivity index (χ1) is 11.4. The van der Waals surface area contributed by atoms with Gasteiger partial charge in [0.2, 0.25) is 0 Å². The summed E-state index contributed by atoms with van der Waals surface area (Å²) in [6.45, 7) is 6.18. The third-order valence-corrected chi connectivity index (χ3v) is 4.62. The van der Waals surface area contributed by atoms with Crippen molar-refractivity contribution in [3.05, 3.63) is 39.5 Å². The summed E-state index contributed by atoms with van der Waals surface area (Å²) in [5.41, 5.74) is 5.02. The van der Waals surface area contributed by atoms with Gasteiger partial charge in [-0.05, 0) is 50.7 Å². The van der Waals surface area contributed by atoms with E-state index in [1.807, 2.05) is 26.8 Å². The number of benzene rings is 1. The van der Waals surface area contributed by atoms with Crippen molar-refractivity contribution in [1.29, 1.82) is 0 Å². The number of aliphatic carboxylic acids is 1. The molecule has 1 aromatic carbocycles. The van der Waals surface area contributed by atoms with Crippen LogP contribution in [0.2, 0.25) is 0 Å². The van der Waals surface area contributed by atoms with Crippen LogP contribution in [-0.4, -0.2) is 22.2 Å². The summed E-state index contributed by atoms with van der Waals surface area (Å²) in [5.74, 6) is -1.22. The number of rotatable bonds is 7. The molecule has 24 heavy (non-hydrogen) atoms. The Kier molecular flexibility index (Phi) is 5.65. The zero-order valence-electron chi connectivity index (χ0n) is 14.4. The normalized spacial score (nSPS) is 13.8. The summed E-state index contributed by atoms with van der Waals surface area (Å²) < 4.78 is 5.07. The van der Waals surface area contributed by atoms with Gasteiger partial charge < -0.3 is 14.9 Å². The third-order valence-electron chi connectivity index (χ3n) is 4.62. The van der Waals surface area contributed by atoms with Crippen LogP contribution >= 0.6 is 0 Å². The Balaban J connectivity index is 2.27. The Morgan fingerprint density at radius 1 is 1.29 bits per heavy atom. The monoisotopic (exact) mass is 332 g/mol. The molecule has 1 aliphatic heterocycles. The topological polar surface area (TPSA) is 83.8 Å². The molecule has 0 atom stereocenters. The molecule has 0 fully saturated rings. The average Bonchev–Trinajstić information content (AvgIpc) is 2.91. The third kappa shape index (κ3) is 3.61. The van der Waals surface area contributed by atoms with Gasteiger partial charge in [0.25, 0.3) is 0 Å². The number of fused-ring (bicyclic) bond motifs is 1. The van der Waals surface area contributed by atoms with Gasteiger partial charge >= 0.3 is 11.9 Å². The zero-order chi connectivity index (χ0) is 17.9. The maximum absolute atomic E-state index is 11.9. The second kappa shape index (κ2) is 7.51. The van der Waals surface area contributed by atoms with Gasteiger partial charge in [0.05, 0.1) is 0 Å². The van der Waals surface area contributed by atoms with Crippen molar-refractivity contribution in [2.24, 2.45) is 0 Å². The average molecular weight is 332 g/mol. The minimum atomic E-state index is -0.790. The van der Waals surface area contributed by atoms with Crippen molar-refractivity contribution in [1.82, 2.24) is 0 Å². The molecule has 0 amide bonds. The van der Waals surface area contributed by atoms with E-state index in [4.69, 9.17) is 9.84 Å². The van der Waals surface area contributed by atoms with Crippen molar-refractivity contribution in [2.45, 2.75) is 59.5 Å². The van der Waals surface area contributed by atoms with Crippen molar-refractivity contribution in [3.8, 4) is 5.75 Å². The highest BCUT2D eigenvalue weighted by atomic mass is 16.5. The Morgan fingerprint density at radius 2 is 2.00 bits per heavy atom. The standard InChI is InChI=1S/C19H24O5/c1-4-13-12(3)15-10-24-19(23)17(15)18(22)14(13)9-8-11(2)6-5-7-16(20)21/h8,22H,4-7,9-10H2,1-3H3,(H,20,21)/b11-8+. The molecule has 2 rings (SSSR count). The molecule has 0 saturated carbocycles. The maximum Gasteiger partial charge on any atom is 0.342 e. The van der Waals surface area contributed by atoms with E-state index in [2.05, 4.69) is 0 Å². The smallest absolute Gasteiger partial charge is 0.342 e. The molecular formula is C19H24O5.